The summed E-state index contributed by atoms with van der Waals surface area (Å²) in [5, 5.41) is 10.3. The number of ether oxygens (including phenoxy) is 1. The summed E-state index contributed by atoms with van der Waals surface area (Å²) >= 11 is 0. The molecule has 7 nitrogen and oxygen atoms in total. The van der Waals surface area contributed by atoms with E-state index in [4.69, 9.17) is 9.15 Å². The topological polar surface area (TPSA) is 81.9 Å². The summed E-state index contributed by atoms with van der Waals surface area (Å²) in [4.78, 5) is 18.4. The first kappa shape index (κ1) is 18.6. The summed E-state index contributed by atoms with van der Waals surface area (Å²) in [6, 6.07) is 13.7. The number of aliphatic hydroxyl groups excluding tert-OH is 1. The Bertz CT molecular complexity index is 971. The molecule has 0 bridgehead atoms. The smallest absolute Gasteiger partial charge is 0.417 e. The Morgan fingerprint density at radius 2 is 1.89 bits per heavy atom. The van der Waals surface area contributed by atoms with E-state index in [1.165, 1.54) is 11.3 Å². The van der Waals surface area contributed by atoms with E-state index in [0.29, 0.717) is 23.4 Å². The number of fused-ring (bicyclic) bond motifs is 1. The maximum atomic E-state index is 11.2. The quantitative estimate of drug-likeness (QED) is 0.678. The number of aromatic amines is 1. The van der Waals surface area contributed by atoms with Gasteiger partial charge in [-0.3, -0.25) is 9.88 Å². The third-order valence-corrected chi connectivity index (χ3v) is 5.08. The minimum atomic E-state index is -0.583. The normalized spacial score (nSPS) is 16.4. The molecule has 0 aliphatic carbocycles. The summed E-state index contributed by atoms with van der Waals surface area (Å²) < 4.78 is 10.7. The van der Waals surface area contributed by atoms with Crippen LogP contribution in [0, 0.1) is 6.92 Å². The van der Waals surface area contributed by atoms with Crippen LogP contribution in [-0.4, -0.2) is 60.4 Å². The zero-order valence-corrected chi connectivity index (χ0v) is 15.9. The van der Waals surface area contributed by atoms with Crippen LogP contribution in [0.3, 0.4) is 0 Å². The number of oxazole rings is 1. The molecular weight excluding hydrogens is 358 g/mol. The number of nitrogens with one attached hydrogen (secondary N) is 1. The van der Waals surface area contributed by atoms with Crippen molar-refractivity contribution in [2.24, 2.45) is 0 Å². The molecule has 1 fully saturated rings. The van der Waals surface area contributed by atoms with E-state index in [9.17, 15) is 9.90 Å². The molecule has 0 radical (unpaired) electrons. The second-order valence-corrected chi connectivity index (χ2v) is 7.26. The first-order valence-corrected chi connectivity index (χ1v) is 9.54. The molecule has 3 aromatic rings. The Labute approximate surface area is 163 Å². The number of benzene rings is 2. The molecule has 1 unspecified atom stereocenters. The number of rotatable bonds is 6. The number of aliphatic hydroxyl groups is 1. The fourth-order valence-electron chi connectivity index (χ4n) is 3.50. The van der Waals surface area contributed by atoms with Crippen molar-refractivity contribution in [3.05, 3.63) is 58.6 Å². The molecule has 1 aliphatic heterocycles. The Morgan fingerprint density at radius 1 is 1.14 bits per heavy atom. The van der Waals surface area contributed by atoms with Crippen LogP contribution in [0.15, 0.2) is 51.7 Å². The van der Waals surface area contributed by atoms with Gasteiger partial charge in [0.15, 0.2) is 5.58 Å². The van der Waals surface area contributed by atoms with Crippen LogP contribution in [-0.2, 0) is 0 Å². The number of aryl methyl sites for hydroxylation is 1. The van der Waals surface area contributed by atoms with Crippen LogP contribution < -0.4 is 15.4 Å². The molecule has 1 saturated heterocycles. The number of nitrogens with zero attached hydrogens (tertiary/aromatic N) is 2. The van der Waals surface area contributed by atoms with Gasteiger partial charge in [0.05, 0.1) is 5.52 Å². The van der Waals surface area contributed by atoms with E-state index in [1.54, 1.807) is 18.2 Å². The Kier molecular flexibility index (Phi) is 5.36. The predicted octanol–water partition coefficient (Wildman–Crippen LogP) is 1.99. The third kappa shape index (κ3) is 4.37. The fraction of sp³-hybridized carbons (Fsp3) is 0.381. The van der Waals surface area contributed by atoms with Gasteiger partial charge in [-0.1, -0.05) is 17.7 Å². The number of H-pyrrole nitrogens is 1. The largest absolute Gasteiger partial charge is 0.491 e. The van der Waals surface area contributed by atoms with Crippen molar-refractivity contribution in [3.63, 3.8) is 0 Å². The minimum absolute atomic E-state index is 0.193. The highest BCUT2D eigenvalue weighted by Gasteiger charge is 2.20. The standard InChI is InChI=1S/C21H25N3O4/c1-15-2-4-16(5-3-15)24-10-8-23(9-11-24)13-17(25)14-27-18-6-7-19-20(12-18)28-21(26)22-19/h2-7,12,17,25H,8-11,13-14H2,1H3,(H,22,26). The zero-order chi connectivity index (χ0) is 19.5. The van der Waals surface area contributed by atoms with Crippen LogP contribution in [0.25, 0.3) is 11.1 Å². The molecule has 2 heterocycles. The van der Waals surface area contributed by atoms with Gasteiger partial charge in [0, 0.05) is 44.5 Å². The molecule has 1 aromatic heterocycles. The molecule has 2 N–H and O–H groups in total. The SMILES string of the molecule is Cc1ccc(N2CCN(CC(O)COc3ccc4[nH]c(=O)oc4c3)CC2)cc1. The van der Waals surface area contributed by atoms with Crippen LogP contribution in [0.2, 0.25) is 0 Å². The van der Waals surface area contributed by atoms with E-state index >= 15 is 0 Å². The van der Waals surface area contributed by atoms with E-state index in [1.807, 2.05) is 0 Å². The summed E-state index contributed by atoms with van der Waals surface area (Å²) in [5.74, 6) is 0.0791. The molecule has 7 heteroatoms. The molecule has 2 aromatic carbocycles. The van der Waals surface area contributed by atoms with Gasteiger partial charge in [0.25, 0.3) is 0 Å². The predicted molar refractivity (Wildman–Crippen MR) is 108 cm³/mol. The van der Waals surface area contributed by atoms with Crippen molar-refractivity contribution in [3.8, 4) is 5.75 Å². The first-order valence-electron chi connectivity index (χ1n) is 9.54. The fourth-order valence-corrected chi connectivity index (χ4v) is 3.50. The van der Waals surface area contributed by atoms with E-state index in [0.717, 1.165) is 26.2 Å². The Balaban J connectivity index is 1.24. The minimum Gasteiger partial charge on any atom is -0.491 e. The average molecular weight is 383 g/mol. The van der Waals surface area contributed by atoms with Gasteiger partial charge in [-0.2, -0.15) is 0 Å². The summed E-state index contributed by atoms with van der Waals surface area (Å²) in [7, 11) is 0. The molecule has 28 heavy (non-hydrogen) atoms. The summed E-state index contributed by atoms with van der Waals surface area (Å²) in [6.45, 7) is 6.56. The van der Waals surface area contributed by atoms with Crippen molar-refractivity contribution in [2.75, 3.05) is 44.2 Å². The molecular formula is C21H25N3O4. The lowest BCUT2D eigenvalue weighted by Crippen LogP contribution is -2.49. The molecule has 0 saturated carbocycles. The molecule has 1 aliphatic rings. The van der Waals surface area contributed by atoms with Crippen molar-refractivity contribution in [1.82, 2.24) is 9.88 Å². The lowest BCUT2D eigenvalue weighted by molar-refractivity contribution is 0.0663. The van der Waals surface area contributed by atoms with Crippen molar-refractivity contribution in [2.45, 2.75) is 13.0 Å². The van der Waals surface area contributed by atoms with Crippen molar-refractivity contribution < 1.29 is 14.3 Å². The van der Waals surface area contributed by atoms with Gasteiger partial charge in [-0.15, -0.1) is 0 Å². The molecule has 0 amide bonds. The molecule has 1 atom stereocenters. The second-order valence-electron chi connectivity index (χ2n) is 7.26. The lowest BCUT2D eigenvalue weighted by Gasteiger charge is -2.36. The number of hydrogen-bond donors (Lipinski definition) is 2. The number of β-amino-alcohol motifs (C(OH)–C–C–N with tert-alkyl or cyclic N) is 1. The molecule has 148 valence electrons. The highest BCUT2D eigenvalue weighted by Crippen LogP contribution is 2.19. The lowest BCUT2D eigenvalue weighted by atomic mass is 10.2. The van der Waals surface area contributed by atoms with E-state index in [2.05, 4.69) is 46.0 Å². The maximum Gasteiger partial charge on any atom is 0.417 e. The van der Waals surface area contributed by atoms with Gasteiger partial charge < -0.3 is 19.2 Å². The third-order valence-electron chi connectivity index (χ3n) is 5.08. The van der Waals surface area contributed by atoms with Gasteiger partial charge in [-0.05, 0) is 31.2 Å². The van der Waals surface area contributed by atoms with Crippen molar-refractivity contribution in [1.29, 1.82) is 0 Å². The van der Waals surface area contributed by atoms with Crippen LogP contribution in [0.5, 0.6) is 5.75 Å². The van der Waals surface area contributed by atoms with E-state index in [-0.39, 0.29) is 6.61 Å². The number of aromatic nitrogens is 1. The van der Waals surface area contributed by atoms with Gasteiger partial charge in [0.1, 0.15) is 18.5 Å². The highest BCUT2D eigenvalue weighted by atomic mass is 16.5. The van der Waals surface area contributed by atoms with Crippen LogP contribution in [0.4, 0.5) is 5.69 Å². The van der Waals surface area contributed by atoms with Gasteiger partial charge in [0.2, 0.25) is 0 Å². The monoisotopic (exact) mass is 383 g/mol. The number of hydrogen-bond acceptors (Lipinski definition) is 6. The summed E-state index contributed by atoms with van der Waals surface area (Å²) in [5.41, 5.74) is 3.60. The number of piperazine rings is 1. The zero-order valence-electron chi connectivity index (χ0n) is 15.9. The molecule has 0 spiro atoms. The Hall–Kier alpha value is -2.77. The Morgan fingerprint density at radius 3 is 2.64 bits per heavy atom. The maximum absolute atomic E-state index is 11.2. The van der Waals surface area contributed by atoms with Crippen LogP contribution in [0.1, 0.15) is 5.56 Å². The second kappa shape index (κ2) is 8.08. The number of anilines is 1. The van der Waals surface area contributed by atoms with Gasteiger partial charge >= 0.3 is 5.76 Å². The van der Waals surface area contributed by atoms with Crippen molar-refractivity contribution >= 4 is 16.8 Å². The highest BCUT2D eigenvalue weighted by molar-refractivity contribution is 5.73. The van der Waals surface area contributed by atoms with Gasteiger partial charge in [-0.25, -0.2) is 4.79 Å². The summed E-state index contributed by atoms with van der Waals surface area (Å²) in [6.07, 6.45) is -0.583. The van der Waals surface area contributed by atoms with Crippen LogP contribution >= 0.6 is 0 Å². The average Bonchev–Trinajstić information content (AvgIpc) is 3.07. The molecule has 4 rings (SSSR count). The first-order chi connectivity index (χ1) is 13.6. The van der Waals surface area contributed by atoms with E-state index < -0.39 is 11.9 Å².